The van der Waals surface area contributed by atoms with E-state index >= 15 is 0 Å². The van der Waals surface area contributed by atoms with Gasteiger partial charge < -0.3 is 4.74 Å². The number of hydrogen-bond donors (Lipinski definition) is 0. The lowest BCUT2D eigenvalue weighted by Crippen LogP contribution is -2.08. The van der Waals surface area contributed by atoms with Crippen molar-refractivity contribution in [1.29, 1.82) is 0 Å². The Morgan fingerprint density at radius 1 is 1.15 bits per heavy atom. The number of halogens is 1. The van der Waals surface area contributed by atoms with Crippen LogP contribution in [-0.2, 0) is 17.6 Å². The highest BCUT2D eigenvalue weighted by atomic mass is 79.9. The van der Waals surface area contributed by atoms with Crippen LogP contribution in [0.2, 0.25) is 0 Å². The largest absolute Gasteiger partial charge is 0.378 e. The van der Waals surface area contributed by atoms with Crippen LogP contribution in [0.3, 0.4) is 0 Å². The Bertz CT molecular complexity index is 633. The van der Waals surface area contributed by atoms with Gasteiger partial charge >= 0.3 is 0 Å². The van der Waals surface area contributed by atoms with Gasteiger partial charge in [0, 0.05) is 11.4 Å². The van der Waals surface area contributed by atoms with E-state index in [4.69, 9.17) is 4.74 Å². The molecule has 0 aromatic heterocycles. The molecule has 2 unspecified atom stereocenters. The molecular formula is C18H19BrO. The fourth-order valence-electron chi connectivity index (χ4n) is 3.73. The van der Waals surface area contributed by atoms with E-state index in [9.17, 15) is 0 Å². The molecular weight excluding hydrogens is 312 g/mol. The summed E-state index contributed by atoms with van der Waals surface area (Å²) in [5, 5.41) is 2.96. The maximum absolute atomic E-state index is 5.79. The van der Waals surface area contributed by atoms with Gasteiger partial charge in [-0.15, -0.1) is 0 Å². The molecule has 1 saturated heterocycles. The fraction of sp³-hybridized carbons (Fsp3) is 0.444. The molecule has 4 rings (SSSR count). The Morgan fingerprint density at radius 2 is 2.00 bits per heavy atom. The van der Waals surface area contributed by atoms with E-state index in [1.165, 1.54) is 53.1 Å². The molecule has 2 aliphatic rings. The molecule has 1 heterocycles. The summed E-state index contributed by atoms with van der Waals surface area (Å²) in [7, 11) is 0. The van der Waals surface area contributed by atoms with Gasteiger partial charge in [0.15, 0.2) is 0 Å². The number of benzene rings is 2. The van der Waals surface area contributed by atoms with Crippen molar-refractivity contribution in [3.8, 4) is 0 Å². The zero-order valence-corrected chi connectivity index (χ0v) is 13.2. The number of hydrogen-bond acceptors (Lipinski definition) is 1. The Kier molecular flexibility index (Phi) is 3.31. The van der Waals surface area contributed by atoms with Crippen molar-refractivity contribution in [2.45, 2.75) is 43.0 Å². The lowest BCUT2D eigenvalue weighted by molar-refractivity contribution is 0.104. The van der Waals surface area contributed by atoms with E-state index < -0.39 is 0 Å². The average molecular weight is 331 g/mol. The van der Waals surface area contributed by atoms with Gasteiger partial charge in [-0.25, -0.2) is 0 Å². The number of alkyl halides is 1. The van der Waals surface area contributed by atoms with Crippen molar-refractivity contribution in [3.05, 3.63) is 47.0 Å². The van der Waals surface area contributed by atoms with Crippen molar-refractivity contribution in [2.75, 3.05) is 6.61 Å². The molecule has 0 spiro atoms. The van der Waals surface area contributed by atoms with Crippen LogP contribution < -0.4 is 0 Å². The summed E-state index contributed by atoms with van der Waals surface area (Å²) in [5.41, 5.74) is 4.48. The number of aryl methyl sites for hydroxylation is 2. The average Bonchev–Trinajstić information content (AvgIpc) is 3.10. The molecule has 2 atom stereocenters. The quantitative estimate of drug-likeness (QED) is 0.724. The minimum Gasteiger partial charge on any atom is -0.378 e. The molecule has 1 nitrogen and oxygen atoms in total. The first-order valence-corrected chi connectivity index (χ1v) is 8.53. The summed E-state index contributed by atoms with van der Waals surface area (Å²) in [6.07, 6.45) is 6.35. The van der Waals surface area contributed by atoms with Crippen LogP contribution in [0.4, 0.5) is 0 Å². The molecule has 20 heavy (non-hydrogen) atoms. The molecule has 0 bridgehead atoms. The Labute approximate surface area is 128 Å². The van der Waals surface area contributed by atoms with Crippen LogP contribution in [0, 0.1) is 0 Å². The highest BCUT2D eigenvalue weighted by molar-refractivity contribution is 9.09. The molecule has 1 aliphatic carbocycles. The third-order valence-electron chi connectivity index (χ3n) is 4.74. The topological polar surface area (TPSA) is 9.23 Å². The van der Waals surface area contributed by atoms with Crippen LogP contribution in [0.15, 0.2) is 30.3 Å². The minimum absolute atomic E-state index is 0.399. The fourth-order valence-corrected chi connectivity index (χ4v) is 4.55. The van der Waals surface area contributed by atoms with E-state index in [0.717, 1.165) is 13.0 Å². The molecule has 1 aliphatic heterocycles. The molecule has 2 aromatic rings. The Balaban J connectivity index is 1.73. The molecule has 104 valence electrons. The number of ether oxygens (including phenoxy) is 1. The third-order valence-corrected chi connectivity index (χ3v) is 5.61. The monoisotopic (exact) mass is 330 g/mol. The predicted molar refractivity (Wildman–Crippen MR) is 86.6 cm³/mol. The van der Waals surface area contributed by atoms with Gasteiger partial charge in [-0.3, -0.25) is 0 Å². The van der Waals surface area contributed by atoms with Crippen LogP contribution >= 0.6 is 15.9 Å². The second-order valence-corrected chi connectivity index (χ2v) is 7.10. The highest BCUT2D eigenvalue weighted by Crippen LogP contribution is 2.39. The van der Waals surface area contributed by atoms with Crippen LogP contribution in [-0.4, -0.2) is 12.7 Å². The van der Waals surface area contributed by atoms with E-state index in [1.54, 1.807) is 0 Å². The second-order valence-electron chi connectivity index (χ2n) is 5.99. The van der Waals surface area contributed by atoms with Gasteiger partial charge in [0.2, 0.25) is 0 Å². The van der Waals surface area contributed by atoms with Gasteiger partial charge in [-0.2, -0.15) is 0 Å². The van der Waals surface area contributed by atoms with E-state index in [0.29, 0.717) is 10.9 Å². The smallest absolute Gasteiger partial charge is 0.0589 e. The molecule has 0 saturated carbocycles. The molecule has 2 heteroatoms. The number of rotatable bonds is 3. The summed E-state index contributed by atoms with van der Waals surface area (Å²) in [4.78, 5) is 0.399. The SMILES string of the molecule is BrC(CC1CCCO1)c1ccc2c3c(cccc13)CC2. The first kappa shape index (κ1) is 12.8. The first-order valence-electron chi connectivity index (χ1n) is 7.62. The predicted octanol–water partition coefficient (Wildman–Crippen LogP) is 4.94. The zero-order valence-electron chi connectivity index (χ0n) is 11.6. The highest BCUT2D eigenvalue weighted by Gasteiger charge is 2.23. The Hall–Kier alpha value is -0.860. The standard InChI is InChI=1S/C18H19BrO/c19-17(11-14-4-2-10-20-14)15-9-8-13-7-6-12-3-1-5-16(15)18(12)13/h1,3,5,8-9,14,17H,2,4,6-7,10-11H2. The van der Waals surface area contributed by atoms with E-state index in [1.807, 2.05) is 0 Å². The van der Waals surface area contributed by atoms with Crippen molar-refractivity contribution < 1.29 is 4.74 Å². The van der Waals surface area contributed by atoms with Crippen molar-refractivity contribution >= 4 is 26.7 Å². The molecule has 0 amide bonds. The summed E-state index contributed by atoms with van der Waals surface area (Å²) in [6, 6.07) is 11.4. The van der Waals surface area contributed by atoms with Crippen molar-refractivity contribution in [3.63, 3.8) is 0 Å². The van der Waals surface area contributed by atoms with Crippen LogP contribution in [0.25, 0.3) is 10.8 Å². The molecule has 0 radical (unpaired) electrons. The van der Waals surface area contributed by atoms with Gasteiger partial charge in [0.1, 0.15) is 0 Å². The minimum atomic E-state index is 0.399. The summed E-state index contributed by atoms with van der Waals surface area (Å²) in [5.74, 6) is 0. The van der Waals surface area contributed by atoms with Crippen LogP contribution in [0.1, 0.15) is 40.8 Å². The third kappa shape index (κ3) is 2.10. The van der Waals surface area contributed by atoms with E-state index in [2.05, 4.69) is 46.3 Å². The molecule has 1 fully saturated rings. The summed E-state index contributed by atoms with van der Waals surface area (Å²) < 4.78 is 5.79. The maximum Gasteiger partial charge on any atom is 0.0589 e. The van der Waals surface area contributed by atoms with Crippen molar-refractivity contribution in [2.24, 2.45) is 0 Å². The maximum atomic E-state index is 5.79. The molecule has 0 N–H and O–H groups in total. The zero-order chi connectivity index (χ0) is 13.5. The van der Waals surface area contributed by atoms with Gasteiger partial charge in [0.25, 0.3) is 0 Å². The van der Waals surface area contributed by atoms with Gasteiger partial charge in [-0.1, -0.05) is 46.3 Å². The molecule has 2 aromatic carbocycles. The Morgan fingerprint density at radius 3 is 2.80 bits per heavy atom. The second kappa shape index (κ2) is 5.16. The first-order chi connectivity index (χ1) is 9.83. The summed E-state index contributed by atoms with van der Waals surface area (Å²) >= 11 is 3.91. The normalized spacial score (nSPS) is 22.6. The lowest BCUT2D eigenvalue weighted by Gasteiger charge is -2.17. The summed E-state index contributed by atoms with van der Waals surface area (Å²) in [6.45, 7) is 0.939. The van der Waals surface area contributed by atoms with Crippen LogP contribution in [0.5, 0.6) is 0 Å². The lowest BCUT2D eigenvalue weighted by atomic mass is 9.96. The van der Waals surface area contributed by atoms with Gasteiger partial charge in [0.05, 0.1) is 6.10 Å². The van der Waals surface area contributed by atoms with Gasteiger partial charge in [-0.05, 0) is 59.6 Å². The van der Waals surface area contributed by atoms with E-state index in [-0.39, 0.29) is 0 Å². The van der Waals surface area contributed by atoms with Crippen molar-refractivity contribution in [1.82, 2.24) is 0 Å².